The number of para-hydroxylation sites is 1. The number of aromatic amines is 1. The minimum atomic E-state index is -4.80. The average molecular weight is 460 g/mol. The summed E-state index contributed by atoms with van der Waals surface area (Å²) in [5.74, 6) is 0.155. The zero-order valence-corrected chi connectivity index (χ0v) is 17.8. The van der Waals surface area contributed by atoms with Gasteiger partial charge in [-0.15, -0.1) is 13.2 Å². The van der Waals surface area contributed by atoms with E-state index in [9.17, 15) is 18.0 Å². The molecule has 0 aliphatic carbocycles. The van der Waals surface area contributed by atoms with Crippen LogP contribution in [0.3, 0.4) is 0 Å². The van der Waals surface area contributed by atoms with Crippen molar-refractivity contribution < 1.29 is 22.6 Å². The van der Waals surface area contributed by atoms with Crippen molar-refractivity contribution in [1.29, 1.82) is 0 Å². The summed E-state index contributed by atoms with van der Waals surface area (Å²) < 4.78 is 47.6. The molecule has 0 saturated carbocycles. The number of H-pyrrole nitrogens is 1. The highest BCUT2D eigenvalue weighted by Gasteiger charge is 2.32. The lowest BCUT2D eigenvalue weighted by Gasteiger charge is -2.14. The molecule has 0 amide bonds. The van der Waals surface area contributed by atoms with Crippen molar-refractivity contribution in [2.24, 2.45) is 0 Å². The number of ether oxygens (including phenoxy) is 2. The minimum Gasteiger partial charge on any atom is -0.495 e. The van der Waals surface area contributed by atoms with Crippen LogP contribution in [-0.2, 0) is 0 Å². The van der Waals surface area contributed by atoms with Crippen LogP contribution in [0, 0.1) is 6.92 Å². The molecule has 3 aromatic carbocycles. The highest BCUT2D eigenvalue weighted by atomic mass is 35.5. The molecule has 0 fully saturated rings. The predicted molar refractivity (Wildman–Crippen MR) is 118 cm³/mol. The van der Waals surface area contributed by atoms with E-state index >= 15 is 0 Å². The van der Waals surface area contributed by atoms with Gasteiger partial charge in [0.25, 0.3) is 0 Å². The van der Waals surface area contributed by atoms with Gasteiger partial charge >= 0.3 is 6.36 Å². The molecule has 8 heteroatoms. The van der Waals surface area contributed by atoms with E-state index in [2.05, 4.69) is 9.72 Å². The van der Waals surface area contributed by atoms with Crippen molar-refractivity contribution >= 4 is 22.5 Å². The average Bonchev–Trinajstić information content (AvgIpc) is 2.74. The maximum Gasteiger partial charge on any atom is 0.573 e. The molecule has 32 heavy (non-hydrogen) atoms. The second-order valence-corrected chi connectivity index (χ2v) is 7.51. The summed E-state index contributed by atoms with van der Waals surface area (Å²) in [4.78, 5) is 16.4. The lowest BCUT2D eigenvalue weighted by Crippen LogP contribution is -2.17. The molecule has 0 aliphatic rings. The highest BCUT2D eigenvalue weighted by Crippen LogP contribution is 2.35. The van der Waals surface area contributed by atoms with E-state index in [1.54, 1.807) is 55.5 Å². The standard InChI is InChI=1S/C24H17ClF3NO3/c1-13-22(23(30)17-11-18(25)21(31-2)12-19(17)29-13)15-9-7-14(8-10-15)16-5-3-4-6-20(16)32-24(26,27)28/h3-12H,1-2H3,(H,29,30). The molecule has 4 nitrogen and oxygen atoms in total. The van der Waals surface area contributed by atoms with Gasteiger partial charge in [0.05, 0.1) is 17.6 Å². The number of aryl methyl sites for hydroxylation is 1. The van der Waals surface area contributed by atoms with E-state index in [0.29, 0.717) is 49.6 Å². The van der Waals surface area contributed by atoms with Crippen molar-refractivity contribution in [3.05, 3.63) is 81.6 Å². The van der Waals surface area contributed by atoms with Crippen LogP contribution in [0.25, 0.3) is 33.2 Å². The smallest absolute Gasteiger partial charge is 0.495 e. The van der Waals surface area contributed by atoms with E-state index in [1.165, 1.54) is 19.2 Å². The first-order chi connectivity index (χ1) is 15.2. The molecule has 4 rings (SSSR count). The third-order valence-corrected chi connectivity index (χ3v) is 5.35. The van der Waals surface area contributed by atoms with Crippen LogP contribution < -0.4 is 14.9 Å². The summed E-state index contributed by atoms with van der Waals surface area (Å²) in [6.07, 6.45) is -4.80. The number of nitrogens with one attached hydrogen (secondary N) is 1. The molecule has 0 spiro atoms. The van der Waals surface area contributed by atoms with Gasteiger partial charge in [-0.25, -0.2) is 0 Å². The van der Waals surface area contributed by atoms with Crippen molar-refractivity contribution in [2.75, 3.05) is 7.11 Å². The highest BCUT2D eigenvalue weighted by molar-refractivity contribution is 6.32. The largest absolute Gasteiger partial charge is 0.573 e. The molecule has 0 bridgehead atoms. The molecular weight excluding hydrogens is 443 g/mol. The molecule has 0 atom stereocenters. The second kappa shape index (κ2) is 8.24. The summed E-state index contributed by atoms with van der Waals surface area (Å²) in [7, 11) is 1.49. The van der Waals surface area contributed by atoms with Crippen molar-refractivity contribution in [1.82, 2.24) is 4.98 Å². The van der Waals surface area contributed by atoms with Crippen LogP contribution in [0.5, 0.6) is 11.5 Å². The van der Waals surface area contributed by atoms with Gasteiger partial charge < -0.3 is 14.5 Å². The molecule has 0 saturated heterocycles. The summed E-state index contributed by atoms with van der Waals surface area (Å²) in [5, 5.41) is 0.723. The molecule has 1 heterocycles. The van der Waals surface area contributed by atoms with Crippen LogP contribution in [0.1, 0.15) is 5.69 Å². The number of pyridine rings is 1. The molecule has 0 radical (unpaired) electrons. The fourth-order valence-corrected chi connectivity index (χ4v) is 3.89. The number of hydrogen-bond donors (Lipinski definition) is 1. The molecule has 0 aliphatic heterocycles. The lowest BCUT2D eigenvalue weighted by molar-refractivity contribution is -0.274. The van der Waals surface area contributed by atoms with Crippen molar-refractivity contribution in [3.8, 4) is 33.8 Å². The number of methoxy groups -OCH3 is 1. The van der Waals surface area contributed by atoms with Gasteiger partial charge in [0.15, 0.2) is 5.43 Å². The molecular formula is C24H17ClF3NO3. The van der Waals surface area contributed by atoms with Gasteiger partial charge in [0.1, 0.15) is 11.5 Å². The van der Waals surface area contributed by atoms with Crippen LogP contribution in [0.4, 0.5) is 13.2 Å². The number of halogens is 4. The maximum absolute atomic E-state index is 13.2. The first-order valence-electron chi connectivity index (χ1n) is 9.53. The zero-order valence-electron chi connectivity index (χ0n) is 17.0. The van der Waals surface area contributed by atoms with Gasteiger partial charge in [-0.1, -0.05) is 54.1 Å². The number of alkyl halides is 3. The van der Waals surface area contributed by atoms with Crippen LogP contribution >= 0.6 is 11.6 Å². The van der Waals surface area contributed by atoms with Gasteiger partial charge in [-0.05, 0) is 30.2 Å². The van der Waals surface area contributed by atoms with Crippen LogP contribution in [0.2, 0.25) is 5.02 Å². The maximum atomic E-state index is 13.2. The Morgan fingerprint density at radius 3 is 2.25 bits per heavy atom. The van der Waals surface area contributed by atoms with E-state index in [1.807, 2.05) is 0 Å². The lowest BCUT2D eigenvalue weighted by atomic mass is 9.97. The first kappa shape index (κ1) is 21.8. The van der Waals surface area contributed by atoms with Crippen LogP contribution in [0.15, 0.2) is 65.5 Å². The Kier molecular flexibility index (Phi) is 5.60. The fourth-order valence-electron chi connectivity index (χ4n) is 3.65. The summed E-state index contributed by atoms with van der Waals surface area (Å²) in [6, 6.07) is 15.8. The Morgan fingerprint density at radius 2 is 1.59 bits per heavy atom. The van der Waals surface area contributed by atoms with E-state index in [-0.39, 0.29) is 11.2 Å². The number of hydrogen-bond acceptors (Lipinski definition) is 3. The predicted octanol–water partition coefficient (Wildman–Crippen LogP) is 6.73. The Hall–Kier alpha value is -3.45. The van der Waals surface area contributed by atoms with Gasteiger partial charge in [-0.3, -0.25) is 4.79 Å². The number of benzene rings is 3. The Balaban J connectivity index is 1.78. The molecule has 0 unspecified atom stereocenters. The third-order valence-electron chi connectivity index (χ3n) is 5.06. The van der Waals surface area contributed by atoms with E-state index < -0.39 is 6.36 Å². The van der Waals surface area contributed by atoms with Gasteiger partial charge in [0.2, 0.25) is 0 Å². The monoisotopic (exact) mass is 459 g/mol. The number of rotatable bonds is 4. The van der Waals surface area contributed by atoms with Crippen molar-refractivity contribution in [3.63, 3.8) is 0 Å². The Bertz CT molecular complexity index is 1360. The Morgan fingerprint density at radius 1 is 0.938 bits per heavy atom. The SMILES string of the molecule is COc1cc2[nH]c(C)c(-c3ccc(-c4ccccc4OC(F)(F)F)cc3)c(=O)c2cc1Cl. The fraction of sp³-hybridized carbons (Fsp3) is 0.125. The normalized spacial score (nSPS) is 11.6. The summed E-state index contributed by atoms with van der Waals surface area (Å²) in [6.45, 7) is 1.78. The van der Waals surface area contributed by atoms with Crippen LogP contribution in [-0.4, -0.2) is 18.5 Å². The van der Waals surface area contributed by atoms with E-state index in [4.69, 9.17) is 16.3 Å². The molecule has 4 aromatic rings. The van der Waals surface area contributed by atoms with Crippen molar-refractivity contribution in [2.45, 2.75) is 13.3 Å². The summed E-state index contributed by atoms with van der Waals surface area (Å²) >= 11 is 6.19. The topological polar surface area (TPSA) is 51.3 Å². The summed E-state index contributed by atoms with van der Waals surface area (Å²) in [5.41, 5.74) is 2.90. The second-order valence-electron chi connectivity index (χ2n) is 7.11. The quantitative estimate of drug-likeness (QED) is 0.368. The first-order valence-corrected chi connectivity index (χ1v) is 9.91. The molecule has 164 valence electrons. The molecule has 1 N–H and O–H groups in total. The van der Waals surface area contributed by atoms with Gasteiger partial charge in [-0.2, -0.15) is 0 Å². The Labute approximate surface area is 186 Å². The minimum absolute atomic E-state index is 0.214. The number of aromatic nitrogens is 1. The van der Waals surface area contributed by atoms with E-state index in [0.717, 1.165) is 0 Å². The third kappa shape index (κ3) is 4.16. The molecule has 1 aromatic heterocycles. The van der Waals surface area contributed by atoms with Gasteiger partial charge in [0, 0.05) is 28.3 Å². The number of fused-ring (bicyclic) bond motifs is 1. The zero-order chi connectivity index (χ0) is 23.0.